The average Bonchev–Trinajstić information content (AvgIpc) is 3.41. The van der Waals surface area contributed by atoms with Gasteiger partial charge in [0.2, 0.25) is 5.91 Å². The van der Waals surface area contributed by atoms with Crippen molar-refractivity contribution in [2.24, 2.45) is 5.10 Å². The third kappa shape index (κ3) is 5.91. The first-order chi connectivity index (χ1) is 16.5. The maximum absolute atomic E-state index is 12.2. The molecule has 2 N–H and O–H groups in total. The number of halogens is 1. The molecule has 4 rings (SSSR count). The highest BCUT2D eigenvalue weighted by Gasteiger charge is 2.11. The predicted octanol–water partition coefficient (Wildman–Crippen LogP) is 3.77. The van der Waals surface area contributed by atoms with Crippen molar-refractivity contribution in [3.63, 3.8) is 0 Å². The molecule has 0 saturated heterocycles. The van der Waals surface area contributed by atoms with Crippen LogP contribution >= 0.6 is 22.9 Å². The Kier molecular flexibility index (Phi) is 7.41. The molecule has 0 aliphatic carbocycles. The number of fused-ring (bicyclic) bond motifs is 1. The lowest BCUT2D eigenvalue weighted by Crippen LogP contribution is -2.20. The fraction of sp³-hybridized carbons (Fsp3) is 0.130. The SMILES string of the molecule is COc1cc(/C=N\NC(=O)Cc2cn3ccsc3n2)ccc1OCC(=O)Nc1ccccc1Cl. The van der Waals surface area contributed by atoms with Gasteiger partial charge in [-0.25, -0.2) is 10.4 Å². The first kappa shape index (κ1) is 23.3. The Hall–Kier alpha value is -3.89. The standard InChI is InChI=1S/C23H20ClN5O4S/c1-32-20-10-15(12-25-28-21(30)11-16-13-29-8-9-34-23(29)26-16)6-7-19(20)33-14-22(31)27-18-5-3-2-4-17(18)24/h2-10,12-13H,11,14H2,1H3,(H,27,31)(H,28,30)/b25-12-. The molecular weight excluding hydrogens is 478 g/mol. The second kappa shape index (κ2) is 10.8. The Labute approximate surface area is 204 Å². The number of carbonyl (C=O) groups excluding carboxylic acids is 2. The number of benzene rings is 2. The Bertz CT molecular complexity index is 1320. The Balaban J connectivity index is 1.29. The summed E-state index contributed by atoms with van der Waals surface area (Å²) in [6.07, 6.45) is 5.31. The smallest absolute Gasteiger partial charge is 0.262 e. The van der Waals surface area contributed by atoms with Gasteiger partial charge in [0.15, 0.2) is 23.1 Å². The molecule has 2 aromatic heterocycles. The van der Waals surface area contributed by atoms with Crippen LogP contribution in [0.5, 0.6) is 11.5 Å². The van der Waals surface area contributed by atoms with Crippen LogP contribution in [0.3, 0.4) is 0 Å². The number of anilines is 1. The lowest BCUT2D eigenvalue weighted by atomic mass is 10.2. The van der Waals surface area contributed by atoms with Crippen LogP contribution in [0.2, 0.25) is 5.02 Å². The van der Waals surface area contributed by atoms with Crippen molar-refractivity contribution in [2.45, 2.75) is 6.42 Å². The number of rotatable bonds is 9. The molecule has 2 heterocycles. The topological polar surface area (TPSA) is 106 Å². The van der Waals surface area contributed by atoms with E-state index in [0.29, 0.717) is 33.5 Å². The molecule has 0 atom stereocenters. The lowest BCUT2D eigenvalue weighted by Gasteiger charge is -2.12. The largest absolute Gasteiger partial charge is 0.493 e. The third-order valence-corrected chi connectivity index (χ3v) is 5.68. The van der Waals surface area contributed by atoms with Crippen molar-refractivity contribution in [1.82, 2.24) is 14.8 Å². The van der Waals surface area contributed by atoms with Gasteiger partial charge in [0, 0.05) is 17.8 Å². The van der Waals surface area contributed by atoms with E-state index in [1.165, 1.54) is 24.7 Å². The van der Waals surface area contributed by atoms with E-state index in [2.05, 4.69) is 20.8 Å². The summed E-state index contributed by atoms with van der Waals surface area (Å²) in [5.41, 5.74) is 4.33. The Morgan fingerprint density at radius 3 is 2.85 bits per heavy atom. The minimum absolute atomic E-state index is 0.123. The van der Waals surface area contributed by atoms with Gasteiger partial charge < -0.3 is 14.8 Å². The molecular formula is C23H20ClN5O4S. The number of para-hydroxylation sites is 1. The molecule has 0 radical (unpaired) electrons. The summed E-state index contributed by atoms with van der Waals surface area (Å²) < 4.78 is 12.8. The van der Waals surface area contributed by atoms with Crippen LogP contribution in [-0.4, -0.2) is 41.1 Å². The number of hydrogen-bond acceptors (Lipinski definition) is 7. The van der Waals surface area contributed by atoms with Crippen LogP contribution in [-0.2, 0) is 16.0 Å². The van der Waals surface area contributed by atoms with E-state index in [9.17, 15) is 9.59 Å². The van der Waals surface area contributed by atoms with E-state index >= 15 is 0 Å². The van der Waals surface area contributed by atoms with Crippen molar-refractivity contribution in [1.29, 1.82) is 0 Å². The Morgan fingerprint density at radius 2 is 2.06 bits per heavy atom. The molecule has 0 bridgehead atoms. The van der Waals surface area contributed by atoms with Crippen LogP contribution in [0.15, 0.2) is 65.3 Å². The predicted molar refractivity (Wildman–Crippen MR) is 131 cm³/mol. The molecule has 11 heteroatoms. The van der Waals surface area contributed by atoms with Crippen molar-refractivity contribution in [3.8, 4) is 11.5 Å². The zero-order chi connectivity index (χ0) is 23.9. The lowest BCUT2D eigenvalue weighted by molar-refractivity contribution is -0.120. The maximum atomic E-state index is 12.2. The fourth-order valence-corrected chi connectivity index (χ4v) is 3.92. The zero-order valence-electron chi connectivity index (χ0n) is 18.0. The van der Waals surface area contributed by atoms with Gasteiger partial charge in [-0.05, 0) is 35.9 Å². The molecule has 2 amide bonds. The van der Waals surface area contributed by atoms with Gasteiger partial charge in [0.25, 0.3) is 5.91 Å². The minimum atomic E-state index is -0.360. The van der Waals surface area contributed by atoms with Gasteiger partial charge in [-0.3, -0.25) is 14.0 Å². The number of hydrogen-bond donors (Lipinski definition) is 2. The number of thiazole rings is 1. The maximum Gasteiger partial charge on any atom is 0.262 e. The Morgan fingerprint density at radius 1 is 1.21 bits per heavy atom. The number of imidazole rings is 1. The molecule has 174 valence electrons. The van der Waals surface area contributed by atoms with Crippen molar-refractivity contribution >= 4 is 51.6 Å². The van der Waals surface area contributed by atoms with Crippen molar-refractivity contribution in [2.75, 3.05) is 19.0 Å². The number of methoxy groups -OCH3 is 1. The summed E-state index contributed by atoms with van der Waals surface area (Å²) >= 11 is 7.55. The number of aromatic nitrogens is 2. The third-order valence-electron chi connectivity index (χ3n) is 4.58. The number of hydrazone groups is 1. The normalized spacial score (nSPS) is 11.0. The van der Waals surface area contributed by atoms with E-state index < -0.39 is 0 Å². The molecule has 0 aliphatic rings. The molecule has 0 aliphatic heterocycles. The second-order valence-electron chi connectivity index (χ2n) is 7.02. The summed E-state index contributed by atoms with van der Waals surface area (Å²) in [5.74, 6) is 0.163. The quantitative estimate of drug-likeness (QED) is 0.270. The molecule has 0 saturated carbocycles. The summed E-state index contributed by atoms with van der Waals surface area (Å²) in [4.78, 5) is 29.5. The summed E-state index contributed by atoms with van der Waals surface area (Å²) in [6.45, 7) is -0.225. The van der Waals surface area contributed by atoms with Gasteiger partial charge in [-0.15, -0.1) is 11.3 Å². The first-order valence-electron chi connectivity index (χ1n) is 10.1. The van der Waals surface area contributed by atoms with Gasteiger partial charge in [-0.1, -0.05) is 23.7 Å². The monoisotopic (exact) mass is 497 g/mol. The molecule has 2 aromatic carbocycles. The highest BCUT2D eigenvalue weighted by atomic mass is 35.5. The van der Waals surface area contributed by atoms with Gasteiger partial charge in [0.05, 0.1) is 36.1 Å². The zero-order valence-corrected chi connectivity index (χ0v) is 19.6. The van der Waals surface area contributed by atoms with Crippen molar-refractivity contribution < 1.29 is 19.1 Å². The van der Waals surface area contributed by atoms with Gasteiger partial charge in [-0.2, -0.15) is 5.10 Å². The highest BCUT2D eigenvalue weighted by Crippen LogP contribution is 2.28. The van der Waals surface area contributed by atoms with Crippen LogP contribution in [0.4, 0.5) is 5.69 Å². The van der Waals surface area contributed by atoms with Crippen LogP contribution in [0, 0.1) is 0 Å². The molecule has 0 unspecified atom stereocenters. The van der Waals surface area contributed by atoms with E-state index in [-0.39, 0.29) is 24.8 Å². The fourth-order valence-electron chi connectivity index (χ4n) is 3.02. The average molecular weight is 498 g/mol. The number of amides is 2. The molecule has 4 aromatic rings. The van der Waals surface area contributed by atoms with E-state index in [1.807, 2.05) is 22.2 Å². The molecule has 0 spiro atoms. The molecule has 0 fully saturated rings. The number of nitrogens with zero attached hydrogens (tertiary/aromatic N) is 3. The van der Waals surface area contributed by atoms with E-state index in [0.717, 1.165) is 4.96 Å². The van der Waals surface area contributed by atoms with Crippen LogP contribution in [0.25, 0.3) is 4.96 Å². The van der Waals surface area contributed by atoms with Crippen LogP contribution in [0.1, 0.15) is 11.3 Å². The highest BCUT2D eigenvalue weighted by molar-refractivity contribution is 7.15. The molecule has 9 nitrogen and oxygen atoms in total. The summed E-state index contributed by atoms with van der Waals surface area (Å²) in [5, 5.41) is 9.04. The van der Waals surface area contributed by atoms with E-state index in [4.69, 9.17) is 21.1 Å². The number of ether oxygens (including phenoxy) is 2. The molecule has 34 heavy (non-hydrogen) atoms. The van der Waals surface area contributed by atoms with Gasteiger partial charge in [0.1, 0.15) is 0 Å². The van der Waals surface area contributed by atoms with Gasteiger partial charge >= 0.3 is 0 Å². The number of carbonyl (C=O) groups is 2. The first-order valence-corrected chi connectivity index (χ1v) is 11.4. The number of nitrogens with one attached hydrogen (secondary N) is 2. The minimum Gasteiger partial charge on any atom is -0.493 e. The van der Waals surface area contributed by atoms with E-state index in [1.54, 1.807) is 42.5 Å². The second-order valence-corrected chi connectivity index (χ2v) is 8.30. The summed E-state index contributed by atoms with van der Waals surface area (Å²) in [6, 6.07) is 12.0. The summed E-state index contributed by atoms with van der Waals surface area (Å²) in [7, 11) is 1.49. The van der Waals surface area contributed by atoms with Crippen molar-refractivity contribution in [3.05, 3.63) is 76.5 Å². The van der Waals surface area contributed by atoms with Crippen LogP contribution < -0.4 is 20.2 Å².